The Balaban J connectivity index is 1.58. The Bertz CT molecular complexity index is 890. The fourth-order valence-electron chi connectivity index (χ4n) is 3.68. The van der Waals surface area contributed by atoms with Crippen LogP contribution in [0.2, 0.25) is 0 Å². The lowest BCUT2D eigenvalue weighted by atomic mass is 9.97. The van der Waals surface area contributed by atoms with Crippen LogP contribution in [0.15, 0.2) is 54.6 Å². The molecule has 2 aromatic rings. The molecule has 2 aromatic carbocycles. The van der Waals surface area contributed by atoms with Gasteiger partial charge in [0.2, 0.25) is 5.91 Å². The predicted molar refractivity (Wildman–Crippen MR) is 121 cm³/mol. The summed E-state index contributed by atoms with van der Waals surface area (Å²) in [7, 11) is 0. The van der Waals surface area contributed by atoms with Crippen LogP contribution < -0.4 is 10.6 Å². The maximum atomic E-state index is 12.8. The minimum atomic E-state index is -0.617. The van der Waals surface area contributed by atoms with E-state index < -0.39 is 6.04 Å². The summed E-state index contributed by atoms with van der Waals surface area (Å²) in [4.78, 5) is 39.7. The van der Waals surface area contributed by atoms with E-state index in [4.69, 9.17) is 0 Å². The van der Waals surface area contributed by atoms with Gasteiger partial charge in [0.25, 0.3) is 11.8 Å². The second kappa shape index (κ2) is 10.8. The molecule has 3 rings (SSSR count). The van der Waals surface area contributed by atoms with Gasteiger partial charge in [0.15, 0.2) is 0 Å². The molecule has 164 valence electrons. The van der Waals surface area contributed by atoms with E-state index in [-0.39, 0.29) is 23.6 Å². The second-order valence-electron chi connectivity index (χ2n) is 8.12. The van der Waals surface area contributed by atoms with Gasteiger partial charge in [0, 0.05) is 30.8 Å². The molecule has 1 aliphatic rings. The van der Waals surface area contributed by atoms with Crippen molar-refractivity contribution in [2.45, 2.75) is 45.7 Å². The maximum absolute atomic E-state index is 12.8. The van der Waals surface area contributed by atoms with Crippen LogP contribution in [0.4, 0.5) is 0 Å². The average Bonchev–Trinajstić information content (AvgIpc) is 3.36. The molecule has 0 radical (unpaired) electrons. The Morgan fingerprint density at radius 1 is 0.935 bits per heavy atom. The maximum Gasteiger partial charge on any atom is 0.253 e. The smallest absolute Gasteiger partial charge is 0.253 e. The van der Waals surface area contributed by atoms with Gasteiger partial charge in [-0.1, -0.05) is 50.6 Å². The molecule has 0 aliphatic carbocycles. The van der Waals surface area contributed by atoms with Crippen molar-refractivity contribution in [3.8, 4) is 0 Å². The topological polar surface area (TPSA) is 78.5 Å². The van der Waals surface area contributed by atoms with Crippen molar-refractivity contribution in [2.24, 2.45) is 5.92 Å². The SMILES string of the molecule is CC[C@H](C)[C@H](NC(=O)c1ccccc1)C(=O)NCc1ccc(C(=O)N2CCCC2)cc1. The lowest BCUT2D eigenvalue weighted by Gasteiger charge is -2.23. The summed E-state index contributed by atoms with van der Waals surface area (Å²) in [5, 5.41) is 5.80. The van der Waals surface area contributed by atoms with Crippen molar-refractivity contribution in [1.29, 1.82) is 0 Å². The molecule has 31 heavy (non-hydrogen) atoms. The monoisotopic (exact) mass is 421 g/mol. The quantitative estimate of drug-likeness (QED) is 0.686. The number of carbonyl (C=O) groups is 3. The van der Waals surface area contributed by atoms with E-state index in [1.165, 1.54) is 0 Å². The molecule has 1 aliphatic heterocycles. The summed E-state index contributed by atoms with van der Waals surface area (Å²) in [5.41, 5.74) is 2.11. The largest absolute Gasteiger partial charge is 0.350 e. The molecule has 0 bridgehead atoms. The predicted octanol–water partition coefficient (Wildman–Crippen LogP) is 3.38. The third-order valence-corrected chi connectivity index (χ3v) is 5.88. The highest BCUT2D eigenvalue weighted by atomic mass is 16.2. The summed E-state index contributed by atoms with van der Waals surface area (Å²) < 4.78 is 0. The van der Waals surface area contributed by atoms with Gasteiger partial charge in [-0.05, 0) is 48.6 Å². The summed E-state index contributed by atoms with van der Waals surface area (Å²) in [6, 6.07) is 15.6. The lowest BCUT2D eigenvalue weighted by molar-refractivity contribution is -0.124. The highest BCUT2D eigenvalue weighted by Gasteiger charge is 2.26. The van der Waals surface area contributed by atoms with Gasteiger partial charge in [-0.2, -0.15) is 0 Å². The van der Waals surface area contributed by atoms with E-state index in [0.717, 1.165) is 37.9 Å². The summed E-state index contributed by atoms with van der Waals surface area (Å²) in [6.45, 7) is 5.93. The number of hydrogen-bond donors (Lipinski definition) is 2. The third-order valence-electron chi connectivity index (χ3n) is 5.88. The summed E-state index contributed by atoms with van der Waals surface area (Å²) >= 11 is 0. The fraction of sp³-hybridized carbons (Fsp3) is 0.400. The number of benzene rings is 2. The van der Waals surface area contributed by atoms with Gasteiger partial charge >= 0.3 is 0 Å². The number of carbonyl (C=O) groups excluding carboxylic acids is 3. The zero-order chi connectivity index (χ0) is 22.2. The zero-order valence-electron chi connectivity index (χ0n) is 18.3. The Labute approximate surface area is 184 Å². The molecule has 0 unspecified atom stereocenters. The summed E-state index contributed by atoms with van der Waals surface area (Å²) in [5.74, 6) is -0.414. The number of nitrogens with one attached hydrogen (secondary N) is 2. The Kier molecular flexibility index (Phi) is 7.82. The first-order chi connectivity index (χ1) is 15.0. The molecule has 3 amide bonds. The van der Waals surface area contributed by atoms with Crippen molar-refractivity contribution in [3.63, 3.8) is 0 Å². The first-order valence-electron chi connectivity index (χ1n) is 11.0. The Morgan fingerprint density at radius 2 is 1.58 bits per heavy atom. The third kappa shape index (κ3) is 5.94. The number of hydrogen-bond acceptors (Lipinski definition) is 3. The number of nitrogens with zero attached hydrogens (tertiary/aromatic N) is 1. The van der Waals surface area contributed by atoms with Gasteiger partial charge in [0.1, 0.15) is 6.04 Å². The van der Waals surface area contributed by atoms with Crippen molar-refractivity contribution >= 4 is 17.7 Å². The van der Waals surface area contributed by atoms with Gasteiger partial charge in [0.05, 0.1) is 0 Å². The Morgan fingerprint density at radius 3 is 2.19 bits per heavy atom. The normalized spacial score (nSPS) is 15.2. The number of rotatable bonds is 8. The zero-order valence-corrected chi connectivity index (χ0v) is 18.3. The van der Waals surface area contributed by atoms with Crippen LogP contribution in [0.3, 0.4) is 0 Å². The first kappa shape index (κ1) is 22.5. The van der Waals surface area contributed by atoms with E-state index in [1.54, 1.807) is 24.3 Å². The molecule has 2 atom stereocenters. The van der Waals surface area contributed by atoms with Crippen molar-refractivity contribution < 1.29 is 14.4 Å². The van der Waals surface area contributed by atoms with E-state index >= 15 is 0 Å². The molecule has 6 heteroatoms. The standard InChI is InChI=1S/C25H31N3O3/c1-3-18(2)22(27-23(29)20-9-5-4-6-10-20)24(30)26-17-19-11-13-21(14-12-19)25(31)28-15-7-8-16-28/h4-6,9-14,18,22H,3,7-8,15-17H2,1-2H3,(H,26,30)(H,27,29)/t18-,22-/m0/s1. The first-order valence-corrected chi connectivity index (χ1v) is 11.0. The van der Waals surface area contributed by atoms with Crippen LogP contribution in [0.25, 0.3) is 0 Å². The molecular formula is C25H31N3O3. The molecule has 2 N–H and O–H groups in total. The van der Waals surface area contributed by atoms with Gasteiger partial charge in [-0.15, -0.1) is 0 Å². The second-order valence-corrected chi connectivity index (χ2v) is 8.12. The van der Waals surface area contributed by atoms with Crippen LogP contribution in [0, 0.1) is 5.92 Å². The van der Waals surface area contributed by atoms with Crippen molar-refractivity contribution in [2.75, 3.05) is 13.1 Å². The van der Waals surface area contributed by atoms with Gasteiger partial charge in [-0.3, -0.25) is 14.4 Å². The number of likely N-dealkylation sites (tertiary alicyclic amines) is 1. The molecule has 0 aromatic heterocycles. The van der Waals surface area contributed by atoms with Crippen molar-refractivity contribution in [1.82, 2.24) is 15.5 Å². The van der Waals surface area contributed by atoms with E-state index in [0.29, 0.717) is 17.7 Å². The molecule has 1 fully saturated rings. The minimum absolute atomic E-state index is 0.00637. The molecule has 0 saturated carbocycles. The average molecular weight is 422 g/mol. The van der Waals surface area contributed by atoms with Gasteiger partial charge in [-0.25, -0.2) is 0 Å². The summed E-state index contributed by atoms with van der Waals surface area (Å²) in [6.07, 6.45) is 2.89. The fourth-order valence-corrected chi connectivity index (χ4v) is 3.68. The van der Waals surface area contributed by atoms with E-state index in [2.05, 4.69) is 10.6 Å². The lowest BCUT2D eigenvalue weighted by Crippen LogP contribution is -2.50. The van der Waals surface area contributed by atoms with E-state index in [1.807, 2.05) is 49.1 Å². The molecule has 0 spiro atoms. The molecule has 1 saturated heterocycles. The van der Waals surface area contributed by atoms with Gasteiger partial charge < -0.3 is 15.5 Å². The van der Waals surface area contributed by atoms with Crippen LogP contribution in [-0.4, -0.2) is 41.8 Å². The minimum Gasteiger partial charge on any atom is -0.350 e. The van der Waals surface area contributed by atoms with Crippen molar-refractivity contribution in [3.05, 3.63) is 71.3 Å². The Hall–Kier alpha value is -3.15. The van der Waals surface area contributed by atoms with Crippen LogP contribution in [-0.2, 0) is 11.3 Å². The molecule has 1 heterocycles. The van der Waals surface area contributed by atoms with E-state index in [9.17, 15) is 14.4 Å². The van der Waals surface area contributed by atoms with Crippen LogP contribution in [0.1, 0.15) is 59.4 Å². The van der Waals surface area contributed by atoms with Crippen LogP contribution in [0.5, 0.6) is 0 Å². The molecular weight excluding hydrogens is 390 g/mol. The number of amides is 3. The highest BCUT2D eigenvalue weighted by Crippen LogP contribution is 2.14. The van der Waals surface area contributed by atoms with Crippen LogP contribution >= 0.6 is 0 Å². The molecule has 6 nitrogen and oxygen atoms in total. The highest BCUT2D eigenvalue weighted by molar-refractivity contribution is 5.97.